The number of aromatic nitrogens is 3. The fraction of sp³-hybridized carbons (Fsp3) is 0.250. The van der Waals surface area contributed by atoms with Crippen LogP contribution < -0.4 is 20.7 Å². The van der Waals surface area contributed by atoms with Crippen molar-refractivity contribution in [3.8, 4) is 5.75 Å². The molecule has 0 radical (unpaired) electrons. The van der Waals surface area contributed by atoms with Crippen molar-refractivity contribution < 1.29 is 22.7 Å². The number of alkyl halides is 3. The molecule has 4 aromatic rings. The van der Waals surface area contributed by atoms with Crippen molar-refractivity contribution in [2.75, 3.05) is 25.5 Å². The van der Waals surface area contributed by atoms with Crippen molar-refractivity contribution in [3.05, 3.63) is 42.0 Å². The van der Waals surface area contributed by atoms with Crippen LogP contribution in [-0.4, -0.2) is 46.9 Å². The van der Waals surface area contributed by atoms with Crippen LogP contribution in [0.1, 0.15) is 10.4 Å². The van der Waals surface area contributed by atoms with E-state index >= 15 is 0 Å². The maximum absolute atomic E-state index is 12.5. The van der Waals surface area contributed by atoms with Crippen molar-refractivity contribution >= 4 is 49.6 Å². The molecule has 0 aliphatic heterocycles. The Morgan fingerprint density at radius 2 is 1.94 bits per heavy atom. The SMILES string of the molecule is CNCCNC(=O)c1ccc2c(c1)nc(Nc1nc3ccc(OC(F)(F)F)cc3s1)n2C. The molecule has 0 unspecified atom stereocenters. The summed E-state index contributed by atoms with van der Waals surface area (Å²) >= 11 is 1.18. The van der Waals surface area contributed by atoms with Gasteiger partial charge in [0.15, 0.2) is 5.13 Å². The number of amides is 1. The second kappa shape index (κ2) is 8.63. The number of carbonyl (C=O) groups excluding carboxylic acids is 1. The summed E-state index contributed by atoms with van der Waals surface area (Å²) in [6, 6.07) is 9.21. The first-order valence-electron chi connectivity index (χ1n) is 9.56. The number of hydrogen-bond donors (Lipinski definition) is 3. The van der Waals surface area contributed by atoms with Gasteiger partial charge in [-0.15, -0.1) is 13.2 Å². The lowest BCUT2D eigenvalue weighted by Crippen LogP contribution is -2.30. The zero-order valence-corrected chi connectivity index (χ0v) is 17.9. The molecule has 0 aliphatic rings. The second-order valence-corrected chi connectivity index (χ2v) is 7.91. The topological polar surface area (TPSA) is 93.1 Å². The minimum atomic E-state index is -4.75. The Morgan fingerprint density at radius 3 is 2.69 bits per heavy atom. The minimum absolute atomic E-state index is 0.189. The maximum Gasteiger partial charge on any atom is 0.573 e. The molecule has 2 aromatic carbocycles. The van der Waals surface area contributed by atoms with Crippen LogP contribution in [0.3, 0.4) is 0 Å². The number of ether oxygens (including phenoxy) is 1. The van der Waals surface area contributed by atoms with Crippen molar-refractivity contribution in [1.82, 2.24) is 25.2 Å². The van der Waals surface area contributed by atoms with E-state index < -0.39 is 6.36 Å². The van der Waals surface area contributed by atoms with E-state index in [1.54, 1.807) is 25.2 Å². The molecule has 12 heteroatoms. The molecular formula is C20H19F3N6O2S. The van der Waals surface area contributed by atoms with E-state index in [2.05, 4.69) is 30.7 Å². The van der Waals surface area contributed by atoms with Gasteiger partial charge in [-0.3, -0.25) is 4.79 Å². The highest BCUT2D eigenvalue weighted by molar-refractivity contribution is 7.22. The predicted molar refractivity (Wildman–Crippen MR) is 117 cm³/mol. The van der Waals surface area contributed by atoms with Gasteiger partial charge in [-0.25, -0.2) is 9.97 Å². The van der Waals surface area contributed by atoms with E-state index in [1.165, 1.54) is 29.5 Å². The van der Waals surface area contributed by atoms with Gasteiger partial charge in [-0.2, -0.15) is 0 Å². The number of nitrogens with one attached hydrogen (secondary N) is 3. The molecule has 0 fully saturated rings. The Balaban J connectivity index is 1.56. The van der Waals surface area contributed by atoms with Gasteiger partial charge in [0.2, 0.25) is 5.95 Å². The minimum Gasteiger partial charge on any atom is -0.406 e. The Hall–Kier alpha value is -3.38. The van der Waals surface area contributed by atoms with Crippen LogP contribution in [0.15, 0.2) is 36.4 Å². The lowest BCUT2D eigenvalue weighted by molar-refractivity contribution is -0.274. The normalized spacial score (nSPS) is 11.8. The molecule has 4 rings (SSSR count). The van der Waals surface area contributed by atoms with Gasteiger partial charge in [-0.05, 0) is 37.4 Å². The summed E-state index contributed by atoms with van der Waals surface area (Å²) < 4.78 is 43.7. The number of aryl methyl sites for hydroxylation is 1. The van der Waals surface area contributed by atoms with E-state index in [1.807, 2.05) is 11.6 Å². The Morgan fingerprint density at radius 1 is 1.12 bits per heavy atom. The number of halogens is 3. The highest BCUT2D eigenvalue weighted by Gasteiger charge is 2.31. The molecule has 2 heterocycles. The quantitative estimate of drug-likeness (QED) is 0.361. The monoisotopic (exact) mass is 464 g/mol. The molecule has 168 valence electrons. The van der Waals surface area contributed by atoms with Crippen molar-refractivity contribution in [1.29, 1.82) is 0 Å². The van der Waals surface area contributed by atoms with Crippen LogP contribution in [0, 0.1) is 0 Å². The van der Waals surface area contributed by atoms with Gasteiger partial charge in [-0.1, -0.05) is 11.3 Å². The fourth-order valence-electron chi connectivity index (χ4n) is 3.11. The van der Waals surface area contributed by atoms with E-state index in [9.17, 15) is 18.0 Å². The zero-order chi connectivity index (χ0) is 22.9. The zero-order valence-electron chi connectivity index (χ0n) is 17.1. The molecule has 0 atom stereocenters. The van der Waals surface area contributed by atoms with Crippen LogP contribution in [0.4, 0.5) is 24.3 Å². The van der Waals surface area contributed by atoms with Crippen LogP contribution >= 0.6 is 11.3 Å². The second-order valence-electron chi connectivity index (χ2n) is 6.88. The van der Waals surface area contributed by atoms with Gasteiger partial charge in [0, 0.05) is 31.8 Å². The molecule has 2 aromatic heterocycles. The number of carbonyl (C=O) groups is 1. The first-order chi connectivity index (χ1) is 15.2. The Kier molecular flexibility index (Phi) is 5.89. The smallest absolute Gasteiger partial charge is 0.406 e. The number of hydrogen-bond acceptors (Lipinski definition) is 7. The van der Waals surface area contributed by atoms with Crippen LogP contribution in [0.2, 0.25) is 0 Å². The third-order valence-corrected chi connectivity index (χ3v) is 5.55. The number of benzene rings is 2. The van der Waals surface area contributed by atoms with E-state index in [0.717, 1.165) is 5.52 Å². The summed E-state index contributed by atoms with van der Waals surface area (Å²) in [5.74, 6) is -0.00705. The number of imidazole rings is 1. The average Bonchev–Trinajstić information content (AvgIpc) is 3.26. The highest BCUT2D eigenvalue weighted by Crippen LogP contribution is 2.33. The van der Waals surface area contributed by atoms with Crippen LogP contribution in [0.5, 0.6) is 5.75 Å². The molecule has 32 heavy (non-hydrogen) atoms. The molecule has 0 saturated heterocycles. The summed E-state index contributed by atoms with van der Waals surface area (Å²) in [6.45, 7) is 1.17. The van der Waals surface area contributed by atoms with E-state index in [4.69, 9.17) is 0 Å². The lowest BCUT2D eigenvalue weighted by atomic mass is 10.2. The van der Waals surface area contributed by atoms with Crippen molar-refractivity contribution in [2.45, 2.75) is 6.36 Å². The molecule has 0 aliphatic carbocycles. The lowest BCUT2D eigenvalue weighted by Gasteiger charge is -2.07. The largest absolute Gasteiger partial charge is 0.573 e. The molecule has 1 amide bonds. The van der Waals surface area contributed by atoms with Crippen LogP contribution in [-0.2, 0) is 7.05 Å². The first kappa shape index (κ1) is 21.8. The Labute approximate surface area is 184 Å². The van der Waals surface area contributed by atoms with Crippen molar-refractivity contribution in [2.24, 2.45) is 7.05 Å². The number of nitrogens with zero attached hydrogens (tertiary/aromatic N) is 3. The Bertz CT molecular complexity index is 1280. The molecule has 8 nitrogen and oxygen atoms in total. The number of anilines is 2. The number of likely N-dealkylation sites (N-methyl/N-ethyl adjacent to an activating group) is 1. The summed E-state index contributed by atoms with van der Waals surface area (Å²) in [5, 5.41) is 9.34. The molecule has 3 N–H and O–H groups in total. The predicted octanol–water partition coefficient (Wildman–Crippen LogP) is 3.77. The summed E-state index contributed by atoms with van der Waals surface area (Å²) in [7, 11) is 3.62. The highest BCUT2D eigenvalue weighted by atomic mass is 32.1. The number of thiazole rings is 1. The van der Waals surface area contributed by atoms with Gasteiger partial charge >= 0.3 is 6.36 Å². The van der Waals surface area contributed by atoms with Crippen molar-refractivity contribution in [3.63, 3.8) is 0 Å². The molecule has 0 spiro atoms. The third kappa shape index (κ3) is 4.75. The van der Waals surface area contributed by atoms with E-state index in [0.29, 0.717) is 45.5 Å². The van der Waals surface area contributed by atoms with E-state index in [-0.39, 0.29) is 11.7 Å². The summed E-state index contributed by atoms with van der Waals surface area (Å²) in [4.78, 5) is 21.2. The number of rotatable bonds is 7. The molecular weight excluding hydrogens is 445 g/mol. The summed E-state index contributed by atoms with van der Waals surface area (Å²) in [5.41, 5.74) is 2.46. The number of fused-ring (bicyclic) bond motifs is 2. The van der Waals surface area contributed by atoms with Gasteiger partial charge in [0.05, 0.1) is 21.3 Å². The van der Waals surface area contributed by atoms with Gasteiger partial charge in [0.1, 0.15) is 5.75 Å². The third-order valence-electron chi connectivity index (χ3n) is 4.62. The van der Waals surface area contributed by atoms with Gasteiger partial charge in [0.25, 0.3) is 5.91 Å². The maximum atomic E-state index is 12.5. The summed E-state index contributed by atoms with van der Waals surface area (Å²) in [6.07, 6.45) is -4.75. The van der Waals surface area contributed by atoms with Crippen LogP contribution in [0.25, 0.3) is 21.3 Å². The standard InChI is InChI=1S/C20H19F3N6O2S/c1-24-7-8-25-17(30)11-3-6-15-14(9-11)26-18(29(15)2)28-19-27-13-5-4-12(10-16(13)32-19)31-20(21,22)23/h3-6,9-10,24H,7-8H2,1-2H3,(H,25,30)(H,26,27,28). The molecule has 0 saturated carbocycles. The fourth-order valence-corrected chi connectivity index (χ4v) is 4.00. The molecule has 0 bridgehead atoms. The average molecular weight is 464 g/mol. The first-order valence-corrected chi connectivity index (χ1v) is 10.4. The van der Waals surface area contributed by atoms with Gasteiger partial charge < -0.3 is 25.3 Å².